The average molecular weight is 360 g/mol. The van der Waals surface area contributed by atoms with Gasteiger partial charge in [0.15, 0.2) is 6.10 Å². The average Bonchev–Trinajstić information content (AvgIpc) is 3.50. The van der Waals surface area contributed by atoms with Crippen molar-refractivity contribution in [3.05, 3.63) is 83.9 Å². The van der Waals surface area contributed by atoms with Gasteiger partial charge in [0.1, 0.15) is 17.6 Å². The first-order chi connectivity index (χ1) is 13.2. The molecule has 0 radical (unpaired) electrons. The fourth-order valence-electron chi connectivity index (χ4n) is 3.08. The molecule has 2 atom stereocenters. The maximum Gasteiger partial charge on any atom is 0.343 e. The molecular weight excluding hydrogens is 340 g/mol. The van der Waals surface area contributed by atoms with E-state index in [1.54, 1.807) is 19.2 Å². The zero-order valence-corrected chi connectivity index (χ0v) is 15.2. The van der Waals surface area contributed by atoms with Crippen LogP contribution in [-0.4, -0.2) is 19.2 Å². The molecule has 0 N–H and O–H groups in total. The van der Waals surface area contributed by atoms with Crippen molar-refractivity contribution in [2.24, 2.45) is 0 Å². The van der Waals surface area contributed by atoms with Crippen molar-refractivity contribution in [3.8, 4) is 22.6 Å². The lowest BCUT2D eigenvalue weighted by Gasteiger charge is -2.11. The first kappa shape index (κ1) is 17.3. The number of epoxide rings is 1. The molecule has 4 heteroatoms. The van der Waals surface area contributed by atoms with Crippen LogP contribution < -0.4 is 9.47 Å². The fourth-order valence-corrected chi connectivity index (χ4v) is 3.08. The number of rotatable bonds is 5. The molecular formula is C23H20O4. The number of carbonyl (C=O) groups is 1. The molecule has 1 fully saturated rings. The summed E-state index contributed by atoms with van der Waals surface area (Å²) in [5.74, 6) is 0.903. The van der Waals surface area contributed by atoms with Crippen LogP contribution in [0.25, 0.3) is 11.1 Å². The van der Waals surface area contributed by atoms with E-state index in [-0.39, 0.29) is 12.1 Å². The third-order valence-corrected chi connectivity index (χ3v) is 4.62. The zero-order valence-electron chi connectivity index (χ0n) is 15.2. The van der Waals surface area contributed by atoms with Gasteiger partial charge in [-0.25, -0.2) is 4.79 Å². The second-order valence-electron chi connectivity index (χ2n) is 6.53. The number of hydrogen-bond acceptors (Lipinski definition) is 4. The number of aryl methyl sites for hydroxylation is 1. The fraction of sp³-hybridized carbons (Fsp3) is 0.174. The number of esters is 1. The van der Waals surface area contributed by atoms with Gasteiger partial charge in [-0.15, -0.1) is 0 Å². The SMILES string of the molecule is COc1ccc(C2OC2C(=O)Oc2ccccc2)c(-c2ccc(C)cc2)c1. The highest BCUT2D eigenvalue weighted by Crippen LogP contribution is 2.45. The van der Waals surface area contributed by atoms with Gasteiger partial charge in [-0.2, -0.15) is 0 Å². The summed E-state index contributed by atoms with van der Waals surface area (Å²) in [7, 11) is 1.64. The Balaban J connectivity index is 1.59. The van der Waals surface area contributed by atoms with Gasteiger partial charge in [-0.05, 0) is 47.9 Å². The molecule has 1 aliphatic rings. The summed E-state index contributed by atoms with van der Waals surface area (Å²) < 4.78 is 16.5. The lowest BCUT2D eigenvalue weighted by Crippen LogP contribution is -2.15. The third kappa shape index (κ3) is 3.71. The van der Waals surface area contributed by atoms with Gasteiger partial charge in [0.2, 0.25) is 0 Å². The van der Waals surface area contributed by atoms with E-state index in [0.717, 1.165) is 22.4 Å². The normalized spacial score (nSPS) is 18.0. The maximum absolute atomic E-state index is 12.4. The van der Waals surface area contributed by atoms with E-state index in [1.165, 1.54) is 5.56 Å². The molecule has 0 aromatic heterocycles. The Labute approximate surface area is 158 Å². The number of para-hydroxylation sites is 1. The van der Waals surface area contributed by atoms with Crippen LogP contribution >= 0.6 is 0 Å². The summed E-state index contributed by atoms with van der Waals surface area (Å²) in [5, 5.41) is 0. The predicted octanol–water partition coefficient (Wildman–Crippen LogP) is 4.72. The Morgan fingerprint density at radius 2 is 1.67 bits per heavy atom. The highest BCUT2D eigenvalue weighted by molar-refractivity contribution is 5.82. The van der Waals surface area contributed by atoms with Gasteiger partial charge in [0, 0.05) is 0 Å². The smallest absolute Gasteiger partial charge is 0.343 e. The van der Waals surface area contributed by atoms with Crippen LogP contribution in [0.1, 0.15) is 17.2 Å². The van der Waals surface area contributed by atoms with Crippen molar-refractivity contribution < 1.29 is 19.0 Å². The van der Waals surface area contributed by atoms with Crippen LogP contribution in [0.4, 0.5) is 0 Å². The Morgan fingerprint density at radius 1 is 0.926 bits per heavy atom. The lowest BCUT2D eigenvalue weighted by atomic mass is 9.95. The Kier molecular flexibility index (Phi) is 4.65. The molecule has 0 amide bonds. The van der Waals surface area contributed by atoms with Crippen molar-refractivity contribution in [1.82, 2.24) is 0 Å². The van der Waals surface area contributed by atoms with Gasteiger partial charge < -0.3 is 14.2 Å². The van der Waals surface area contributed by atoms with Gasteiger partial charge >= 0.3 is 5.97 Å². The van der Waals surface area contributed by atoms with Gasteiger partial charge in [-0.3, -0.25) is 0 Å². The van der Waals surface area contributed by atoms with Crippen molar-refractivity contribution in [2.45, 2.75) is 19.1 Å². The lowest BCUT2D eigenvalue weighted by molar-refractivity contribution is -0.135. The van der Waals surface area contributed by atoms with Crippen molar-refractivity contribution >= 4 is 5.97 Å². The summed E-state index contributed by atoms with van der Waals surface area (Å²) in [6, 6.07) is 23.1. The summed E-state index contributed by atoms with van der Waals surface area (Å²) in [5.41, 5.74) is 4.19. The largest absolute Gasteiger partial charge is 0.497 e. The van der Waals surface area contributed by atoms with Crippen LogP contribution in [0.2, 0.25) is 0 Å². The standard InChI is InChI=1S/C23H20O4/c1-15-8-10-16(11-9-15)20-14-18(25-2)12-13-19(20)21-22(27-21)23(24)26-17-6-4-3-5-7-17/h3-14,21-22H,1-2H3. The molecule has 2 unspecified atom stereocenters. The molecule has 27 heavy (non-hydrogen) atoms. The van der Waals surface area contributed by atoms with Crippen LogP contribution in [-0.2, 0) is 9.53 Å². The molecule has 1 aliphatic heterocycles. The van der Waals surface area contributed by atoms with E-state index in [1.807, 2.05) is 36.4 Å². The summed E-state index contributed by atoms with van der Waals surface area (Å²) in [6.07, 6.45) is -0.911. The van der Waals surface area contributed by atoms with Crippen LogP contribution in [0.3, 0.4) is 0 Å². The van der Waals surface area contributed by atoms with Crippen LogP contribution in [0.5, 0.6) is 11.5 Å². The van der Waals surface area contributed by atoms with E-state index >= 15 is 0 Å². The molecule has 0 spiro atoms. The number of methoxy groups -OCH3 is 1. The quantitative estimate of drug-likeness (QED) is 0.375. The zero-order chi connectivity index (χ0) is 18.8. The Morgan fingerprint density at radius 3 is 2.37 bits per heavy atom. The number of hydrogen-bond donors (Lipinski definition) is 0. The molecule has 0 aliphatic carbocycles. The molecule has 1 saturated heterocycles. The van der Waals surface area contributed by atoms with Crippen molar-refractivity contribution in [1.29, 1.82) is 0 Å². The monoisotopic (exact) mass is 360 g/mol. The van der Waals surface area contributed by atoms with Crippen molar-refractivity contribution in [2.75, 3.05) is 7.11 Å². The molecule has 3 aromatic carbocycles. The molecule has 4 nitrogen and oxygen atoms in total. The Bertz CT molecular complexity index is 948. The second-order valence-corrected chi connectivity index (χ2v) is 6.53. The minimum Gasteiger partial charge on any atom is -0.497 e. The predicted molar refractivity (Wildman–Crippen MR) is 103 cm³/mol. The highest BCUT2D eigenvalue weighted by Gasteiger charge is 2.48. The first-order valence-corrected chi connectivity index (χ1v) is 8.83. The first-order valence-electron chi connectivity index (χ1n) is 8.83. The molecule has 0 saturated carbocycles. The molecule has 3 aromatic rings. The summed E-state index contributed by atoms with van der Waals surface area (Å²) in [4.78, 5) is 12.4. The van der Waals surface area contributed by atoms with E-state index in [0.29, 0.717) is 5.75 Å². The molecule has 136 valence electrons. The number of carbonyl (C=O) groups excluding carboxylic acids is 1. The number of ether oxygens (including phenoxy) is 3. The number of benzene rings is 3. The van der Waals surface area contributed by atoms with Crippen LogP contribution in [0.15, 0.2) is 72.8 Å². The Hall–Kier alpha value is -3.11. The van der Waals surface area contributed by atoms with Crippen LogP contribution in [0, 0.1) is 6.92 Å². The summed E-state index contributed by atoms with van der Waals surface area (Å²) in [6.45, 7) is 2.05. The van der Waals surface area contributed by atoms with E-state index in [2.05, 4.69) is 31.2 Å². The van der Waals surface area contributed by atoms with E-state index in [9.17, 15) is 4.79 Å². The molecule has 0 bridgehead atoms. The second kappa shape index (κ2) is 7.25. The van der Waals surface area contributed by atoms with Gasteiger partial charge in [0.05, 0.1) is 7.11 Å². The van der Waals surface area contributed by atoms with Crippen molar-refractivity contribution in [3.63, 3.8) is 0 Å². The topological polar surface area (TPSA) is 48.1 Å². The summed E-state index contributed by atoms with van der Waals surface area (Å²) >= 11 is 0. The minimum atomic E-state index is -0.595. The van der Waals surface area contributed by atoms with E-state index in [4.69, 9.17) is 14.2 Å². The van der Waals surface area contributed by atoms with E-state index < -0.39 is 6.10 Å². The van der Waals surface area contributed by atoms with Gasteiger partial charge in [-0.1, -0.05) is 54.1 Å². The minimum absolute atomic E-state index is 0.316. The molecule has 4 rings (SSSR count). The maximum atomic E-state index is 12.4. The third-order valence-electron chi connectivity index (χ3n) is 4.62. The van der Waals surface area contributed by atoms with Gasteiger partial charge in [0.25, 0.3) is 0 Å². The molecule has 1 heterocycles. The highest BCUT2D eigenvalue weighted by atomic mass is 16.6.